The number of anilines is 3. The maximum atomic E-state index is 6.97. The molecule has 70 heavy (non-hydrogen) atoms. The average molecular weight is 894 g/mol. The Bertz CT molecular complexity index is 3970. The Hall–Kier alpha value is -8.72. The van der Waals surface area contributed by atoms with Gasteiger partial charge in [-0.1, -0.05) is 220 Å². The average Bonchev–Trinajstić information content (AvgIpc) is 4.04. The second-order valence-corrected chi connectivity index (χ2v) is 19.5. The monoisotopic (exact) mass is 893 g/mol. The van der Waals surface area contributed by atoms with Crippen LogP contribution in [0.5, 0.6) is 0 Å². The van der Waals surface area contributed by atoms with Crippen LogP contribution in [0.1, 0.15) is 47.2 Å². The quantitative estimate of drug-likeness (QED) is 0.158. The van der Waals surface area contributed by atoms with Crippen LogP contribution in [-0.4, -0.2) is 0 Å². The third-order valence-corrected chi connectivity index (χ3v) is 15.6. The summed E-state index contributed by atoms with van der Waals surface area (Å²) >= 11 is 0. The van der Waals surface area contributed by atoms with E-state index in [4.69, 9.17) is 4.42 Å². The first-order chi connectivity index (χ1) is 34.5. The maximum absolute atomic E-state index is 6.97. The fourth-order valence-corrected chi connectivity index (χ4v) is 12.5. The number of para-hydroxylation sites is 1. The molecule has 0 spiro atoms. The third kappa shape index (κ3) is 5.74. The van der Waals surface area contributed by atoms with E-state index in [2.05, 4.69) is 267 Å². The molecule has 0 unspecified atom stereocenters. The minimum absolute atomic E-state index is 0.137. The second kappa shape index (κ2) is 15.4. The van der Waals surface area contributed by atoms with Gasteiger partial charge >= 0.3 is 0 Å². The van der Waals surface area contributed by atoms with E-state index >= 15 is 0 Å². The molecule has 0 saturated carbocycles. The molecule has 0 atom stereocenters. The molecule has 0 fully saturated rings. The van der Waals surface area contributed by atoms with E-state index in [1.807, 2.05) is 0 Å². The highest BCUT2D eigenvalue weighted by Gasteiger charge is 2.46. The zero-order valence-electron chi connectivity index (χ0n) is 39.0. The van der Waals surface area contributed by atoms with Gasteiger partial charge in [-0.15, -0.1) is 0 Å². The van der Waals surface area contributed by atoms with E-state index in [0.29, 0.717) is 0 Å². The summed E-state index contributed by atoms with van der Waals surface area (Å²) in [5, 5.41) is 4.44. The Morgan fingerprint density at radius 3 is 1.64 bits per heavy atom. The SMILES string of the molecule is CC1(C)c2ccccc2-c2ccc(N(c3ccccc3)c3cccc4oc5c6ccccc6c(-c6ccc(-c7cccc8c7-c7ccccc7C8(c7ccccc7)c7ccccc7)cc6)cc5c34)cc21. The molecule has 2 aliphatic rings. The van der Waals surface area contributed by atoms with Gasteiger partial charge in [0.05, 0.1) is 16.5 Å². The third-order valence-electron chi connectivity index (χ3n) is 15.6. The molecular formula is C68H47NO. The van der Waals surface area contributed by atoms with Gasteiger partial charge in [-0.25, -0.2) is 0 Å². The summed E-state index contributed by atoms with van der Waals surface area (Å²) in [5.74, 6) is 0. The summed E-state index contributed by atoms with van der Waals surface area (Å²) in [5.41, 5.74) is 22.3. The van der Waals surface area contributed by atoms with Gasteiger partial charge in [0.15, 0.2) is 0 Å². The molecule has 0 N–H and O–H groups in total. The fraction of sp³-hybridized carbons (Fsp3) is 0.0588. The van der Waals surface area contributed by atoms with Crippen molar-refractivity contribution in [3.63, 3.8) is 0 Å². The van der Waals surface area contributed by atoms with Crippen molar-refractivity contribution in [1.82, 2.24) is 0 Å². The Morgan fingerprint density at radius 2 is 0.914 bits per heavy atom. The molecule has 0 amide bonds. The van der Waals surface area contributed by atoms with Gasteiger partial charge in [0.2, 0.25) is 0 Å². The Kier molecular flexibility index (Phi) is 8.88. The van der Waals surface area contributed by atoms with Crippen molar-refractivity contribution in [3.05, 3.63) is 282 Å². The molecule has 14 rings (SSSR count). The summed E-state index contributed by atoms with van der Waals surface area (Å²) in [6.07, 6.45) is 0. The molecule has 12 aromatic rings. The van der Waals surface area contributed by atoms with Crippen molar-refractivity contribution >= 4 is 49.8 Å². The number of hydrogen-bond donors (Lipinski definition) is 0. The molecule has 11 aromatic carbocycles. The first-order valence-corrected chi connectivity index (χ1v) is 24.4. The second-order valence-electron chi connectivity index (χ2n) is 19.5. The molecule has 2 nitrogen and oxygen atoms in total. The largest absolute Gasteiger partial charge is 0.455 e. The number of rotatable bonds is 7. The number of benzene rings is 11. The predicted molar refractivity (Wildman–Crippen MR) is 292 cm³/mol. The highest BCUT2D eigenvalue weighted by Crippen LogP contribution is 2.59. The van der Waals surface area contributed by atoms with Gasteiger partial charge in [-0.3, -0.25) is 0 Å². The Morgan fingerprint density at radius 1 is 0.357 bits per heavy atom. The summed E-state index contributed by atoms with van der Waals surface area (Å²) in [4.78, 5) is 2.42. The van der Waals surface area contributed by atoms with Crippen molar-refractivity contribution in [1.29, 1.82) is 0 Å². The van der Waals surface area contributed by atoms with Crippen LogP contribution in [-0.2, 0) is 10.8 Å². The van der Waals surface area contributed by atoms with Gasteiger partial charge in [-0.05, 0) is 126 Å². The van der Waals surface area contributed by atoms with Crippen molar-refractivity contribution in [2.75, 3.05) is 4.90 Å². The van der Waals surface area contributed by atoms with Crippen LogP contribution in [0.4, 0.5) is 17.1 Å². The first-order valence-electron chi connectivity index (χ1n) is 24.4. The van der Waals surface area contributed by atoms with E-state index in [0.717, 1.165) is 55.3 Å². The van der Waals surface area contributed by atoms with Crippen molar-refractivity contribution < 1.29 is 4.42 Å². The molecule has 0 saturated heterocycles. The van der Waals surface area contributed by atoms with Crippen LogP contribution in [0.2, 0.25) is 0 Å². The van der Waals surface area contributed by atoms with E-state index in [-0.39, 0.29) is 5.41 Å². The van der Waals surface area contributed by atoms with Crippen molar-refractivity contribution in [2.45, 2.75) is 24.7 Å². The van der Waals surface area contributed by atoms with Crippen LogP contribution in [0.3, 0.4) is 0 Å². The smallest absolute Gasteiger partial charge is 0.143 e. The summed E-state index contributed by atoms with van der Waals surface area (Å²) in [7, 11) is 0. The van der Waals surface area contributed by atoms with Crippen molar-refractivity contribution in [2.24, 2.45) is 0 Å². The van der Waals surface area contributed by atoms with E-state index < -0.39 is 5.41 Å². The highest BCUT2D eigenvalue weighted by atomic mass is 16.3. The predicted octanol–water partition coefficient (Wildman–Crippen LogP) is 18.2. The Balaban J connectivity index is 0.935. The first kappa shape index (κ1) is 40.4. The van der Waals surface area contributed by atoms with E-state index in [1.54, 1.807) is 0 Å². The maximum Gasteiger partial charge on any atom is 0.143 e. The summed E-state index contributed by atoms with van der Waals surface area (Å²) < 4.78 is 6.97. The standard InChI is InChI=1S/C68H47NO/c1-67(2)58-31-16-14-27-52(58)53-41-40-49(42-61(53)67)69(48-24-10-5-11-25-48)62-34-19-35-63-65(62)57-43-56(51-26-12-13-28-54(51)66(57)70-63)45-38-36-44(37-39-45)50-30-18-33-60-64(50)55-29-15-17-32-59(55)68(60,46-20-6-3-7-21-46)47-22-8-4-9-23-47/h3-43H,1-2H3. The van der Waals surface area contributed by atoms with Gasteiger partial charge in [-0.2, -0.15) is 0 Å². The molecule has 1 heterocycles. The van der Waals surface area contributed by atoms with E-state index in [1.165, 1.54) is 72.3 Å². The lowest BCUT2D eigenvalue weighted by Gasteiger charge is -2.34. The molecule has 2 aliphatic carbocycles. The van der Waals surface area contributed by atoms with Crippen LogP contribution in [0.25, 0.3) is 77.2 Å². The zero-order valence-corrected chi connectivity index (χ0v) is 39.0. The van der Waals surface area contributed by atoms with Crippen LogP contribution in [0, 0.1) is 0 Å². The minimum Gasteiger partial charge on any atom is -0.455 e. The summed E-state index contributed by atoms with van der Waals surface area (Å²) in [6, 6.07) is 91.5. The van der Waals surface area contributed by atoms with Gasteiger partial charge < -0.3 is 9.32 Å². The lowest BCUT2D eigenvalue weighted by molar-refractivity contribution is 0.660. The molecule has 0 radical (unpaired) electrons. The molecule has 0 bridgehead atoms. The van der Waals surface area contributed by atoms with Gasteiger partial charge in [0.25, 0.3) is 0 Å². The van der Waals surface area contributed by atoms with Crippen LogP contribution < -0.4 is 4.90 Å². The molecule has 2 heteroatoms. The molecule has 1 aromatic heterocycles. The molecular weight excluding hydrogens is 847 g/mol. The van der Waals surface area contributed by atoms with Crippen LogP contribution in [0.15, 0.2) is 253 Å². The number of nitrogens with zero attached hydrogens (tertiary/aromatic N) is 1. The van der Waals surface area contributed by atoms with E-state index in [9.17, 15) is 0 Å². The lowest BCUT2D eigenvalue weighted by atomic mass is 9.67. The zero-order chi connectivity index (χ0) is 46.6. The number of fused-ring (bicyclic) bond motifs is 11. The Labute approximate surface area is 408 Å². The van der Waals surface area contributed by atoms with Crippen molar-refractivity contribution in [3.8, 4) is 44.5 Å². The number of hydrogen-bond acceptors (Lipinski definition) is 2. The van der Waals surface area contributed by atoms with Crippen LogP contribution >= 0.6 is 0 Å². The fourth-order valence-electron chi connectivity index (χ4n) is 12.5. The van der Waals surface area contributed by atoms with Gasteiger partial charge in [0.1, 0.15) is 11.2 Å². The molecule has 330 valence electrons. The highest BCUT2D eigenvalue weighted by molar-refractivity contribution is 6.22. The minimum atomic E-state index is -0.454. The van der Waals surface area contributed by atoms with Gasteiger partial charge in [0, 0.05) is 27.6 Å². The summed E-state index contributed by atoms with van der Waals surface area (Å²) in [6.45, 7) is 4.71. The number of furan rings is 1. The lowest BCUT2D eigenvalue weighted by Crippen LogP contribution is -2.28. The topological polar surface area (TPSA) is 16.4 Å². The normalized spacial score (nSPS) is 13.8. The molecule has 0 aliphatic heterocycles.